The molecule has 0 aliphatic carbocycles. The number of carbonyl (C=O) groups excluding carboxylic acids is 2. The first-order valence-corrected chi connectivity index (χ1v) is 5.29. The fourth-order valence-corrected chi connectivity index (χ4v) is 1.56. The highest BCUT2D eigenvalue weighted by Crippen LogP contribution is 2.20. The molecule has 1 rings (SSSR count). The van der Waals surface area contributed by atoms with Crippen LogP contribution in [0.2, 0.25) is 0 Å². The number of nitrogens with zero attached hydrogens (tertiary/aromatic N) is 1. The molecule has 1 fully saturated rings. The summed E-state index contributed by atoms with van der Waals surface area (Å²) in [6.07, 6.45) is 0.537. The standard InChI is InChI=1S/C10H15NO5/c1-2-3-6-16-9(13)7-4-5-8(12)11(7)10(14)15/h7H,2-6H2,1H3,(H,14,15). The fourth-order valence-electron chi connectivity index (χ4n) is 1.56. The van der Waals surface area contributed by atoms with Gasteiger partial charge in [0.15, 0.2) is 0 Å². The molecule has 0 radical (unpaired) electrons. The number of esters is 1. The van der Waals surface area contributed by atoms with E-state index in [1.165, 1.54) is 0 Å². The van der Waals surface area contributed by atoms with E-state index < -0.39 is 24.0 Å². The first-order valence-electron chi connectivity index (χ1n) is 5.29. The van der Waals surface area contributed by atoms with E-state index in [1.54, 1.807) is 0 Å². The Labute approximate surface area is 93.2 Å². The largest absolute Gasteiger partial charge is 0.465 e. The van der Waals surface area contributed by atoms with Gasteiger partial charge in [-0.1, -0.05) is 13.3 Å². The van der Waals surface area contributed by atoms with Crippen molar-refractivity contribution >= 4 is 18.0 Å². The Bertz CT molecular complexity index is 302. The number of rotatable bonds is 4. The number of unbranched alkanes of at least 4 members (excludes halogenated alkanes) is 1. The molecule has 1 saturated heterocycles. The van der Waals surface area contributed by atoms with Gasteiger partial charge in [0.1, 0.15) is 6.04 Å². The summed E-state index contributed by atoms with van der Waals surface area (Å²) in [5.41, 5.74) is 0. The van der Waals surface area contributed by atoms with E-state index in [0.29, 0.717) is 4.90 Å². The van der Waals surface area contributed by atoms with Crippen LogP contribution in [0.1, 0.15) is 32.6 Å². The molecular formula is C10H15NO5. The van der Waals surface area contributed by atoms with E-state index in [-0.39, 0.29) is 19.4 Å². The molecule has 1 N–H and O–H groups in total. The SMILES string of the molecule is CCCCOC(=O)C1CCC(=O)N1C(=O)O. The highest BCUT2D eigenvalue weighted by molar-refractivity contribution is 5.98. The van der Waals surface area contributed by atoms with E-state index in [1.807, 2.05) is 6.92 Å². The van der Waals surface area contributed by atoms with Crippen molar-refractivity contribution in [3.63, 3.8) is 0 Å². The summed E-state index contributed by atoms with van der Waals surface area (Å²) in [6.45, 7) is 2.23. The molecular weight excluding hydrogens is 214 g/mol. The maximum absolute atomic E-state index is 11.5. The number of likely N-dealkylation sites (tertiary alicyclic amines) is 1. The van der Waals surface area contributed by atoms with Gasteiger partial charge >= 0.3 is 12.1 Å². The van der Waals surface area contributed by atoms with Gasteiger partial charge in [0.2, 0.25) is 5.91 Å². The fraction of sp³-hybridized carbons (Fsp3) is 0.700. The molecule has 0 aromatic rings. The lowest BCUT2D eigenvalue weighted by Crippen LogP contribution is -2.43. The van der Waals surface area contributed by atoms with Crippen LogP contribution < -0.4 is 0 Å². The molecule has 6 nitrogen and oxygen atoms in total. The minimum atomic E-state index is -1.39. The van der Waals surface area contributed by atoms with E-state index >= 15 is 0 Å². The van der Waals surface area contributed by atoms with Crippen molar-refractivity contribution in [1.82, 2.24) is 4.90 Å². The average molecular weight is 229 g/mol. The van der Waals surface area contributed by atoms with Crippen LogP contribution >= 0.6 is 0 Å². The van der Waals surface area contributed by atoms with Crippen molar-refractivity contribution in [1.29, 1.82) is 0 Å². The Morgan fingerprint density at radius 3 is 2.81 bits per heavy atom. The maximum atomic E-state index is 11.5. The number of hydrogen-bond acceptors (Lipinski definition) is 4. The zero-order valence-electron chi connectivity index (χ0n) is 9.14. The molecule has 90 valence electrons. The Morgan fingerprint density at radius 2 is 2.25 bits per heavy atom. The number of carboxylic acid groups (broad SMARTS) is 1. The van der Waals surface area contributed by atoms with Crippen molar-refractivity contribution in [3.05, 3.63) is 0 Å². The van der Waals surface area contributed by atoms with Crippen molar-refractivity contribution in [2.75, 3.05) is 6.61 Å². The molecule has 0 saturated carbocycles. The Kier molecular flexibility index (Phi) is 4.28. The van der Waals surface area contributed by atoms with Gasteiger partial charge in [0, 0.05) is 6.42 Å². The van der Waals surface area contributed by atoms with E-state index in [9.17, 15) is 14.4 Å². The third kappa shape index (κ3) is 2.71. The van der Waals surface area contributed by atoms with Crippen LogP contribution in [0.15, 0.2) is 0 Å². The smallest absolute Gasteiger partial charge is 0.414 e. The number of carbonyl (C=O) groups is 3. The van der Waals surface area contributed by atoms with Gasteiger partial charge in [0.25, 0.3) is 0 Å². The number of imide groups is 1. The molecule has 1 heterocycles. The topological polar surface area (TPSA) is 83.9 Å². The highest BCUT2D eigenvalue weighted by Gasteiger charge is 2.41. The second-order valence-corrected chi connectivity index (χ2v) is 3.62. The van der Waals surface area contributed by atoms with E-state index in [2.05, 4.69) is 0 Å². The highest BCUT2D eigenvalue weighted by atomic mass is 16.5. The summed E-state index contributed by atoms with van der Waals surface area (Å²) in [7, 11) is 0. The van der Waals surface area contributed by atoms with Gasteiger partial charge < -0.3 is 9.84 Å². The summed E-state index contributed by atoms with van der Waals surface area (Å²) >= 11 is 0. The molecule has 0 aromatic heterocycles. The molecule has 0 spiro atoms. The second kappa shape index (κ2) is 5.48. The van der Waals surface area contributed by atoms with Crippen LogP contribution in [0.3, 0.4) is 0 Å². The monoisotopic (exact) mass is 229 g/mol. The van der Waals surface area contributed by atoms with Crippen LogP contribution in [0, 0.1) is 0 Å². The van der Waals surface area contributed by atoms with Crippen LogP contribution in [0.4, 0.5) is 4.79 Å². The Morgan fingerprint density at radius 1 is 1.56 bits per heavy atom. The van der Waals surface area contributed by atoms with Crippen LogP contribution in [0.5, 0.6) is 0 Å². The predicted molar refractivity (Wildman–Crippen MR) is 53.8 cm³/mol. The minimum Gasteiger partial charge on any atom is -0.465 e. The predicted octanol–water partition coefficient (Wildman–Crippen LogP) is 0.999. The summed E-state index contributed by atoms with van der Waals surface area (Å²) < 4.78 is 4.90. The number of amides is 2. The Balaban J connectivity index is 2.55. The second-order valence-electron chi connectivity index (χ2n) is 3.62. The van der Waals surface area contributed by atoms with Crippen molar-refractivity contribution in [2.45, 2.75) is 38.6 Å². The molecule has 0 bridgehead atoms. The first kappa shape index (κ1) is 12.5. The zero-order valence-corrected chi connectivity index (χ0v) is 9.14. The van der Waals surface area contributed by atoms with Crippen LogP contribution in [0.25, 0.3) is 0 Å². The van der Waals surface area contributed by atoms with Crippen LogP contribution in [-0.4, -0.2) is 40.6 Å². The normalized spacial score (nSPS) is 19.9. The van der Waals surface area contributed by atoms with Gasteiger partial charge in [-0.2, -0.15) is 0 Å². The molecule has 16 heavy (non-hydrogen) atoms. The summed E-state index contributed by atoms with van der Waals surface area (Å²) in [4.78, 5) is 34.0. The summed E-state index contributed by atoms with van der Waals surface area (Å²) in [5, 5.41) is 8.77. The van der Waals surface area contributed by atoms with E-state index in [0.717, 1.165) is 12.8 Å². The molecule has 6 heteroatoms. The summed E-state index contributed by atoms with van der Waals surface area (Å²) in [5.74, 6) is -1.16. The van der Waals surface area contributed by atoms with Gasteiger partial charge in [-0.05, 0) is 12.8 Å². The lowest BCUT2D eigenvalue weighted by Gasteiger charge is -2.18. The Hall–Kier alpha value is -1.59. The van der Waals surface area contributed by atoms with Gasteiger partial charge in [-0.25, -0.2) is 14.5 Å². The lowest BCUT2D eigenvalue weighted by atomic mass is 10.2. The van der Waals surface area contributed by atoms with E-state index in [4.69, 9.17) is 9.84 Å². The molecule has 1 atom stereocenters. The molecule has 0 aromatic carbocycles. The zero-order chi connectivity index (χ0) is 12.1. The third-order valence-electron chi connectivity index (χ3n) is 2.43. The van der Waals surface area contributed by atoms with Crippen molar-refractivity contribution in [3.8, 4) is 0 Å². The minimum absolute atomic E-state index is 0.0832. The van der Waals surface area contributed by atoms with Crippen molar-refractivity contribution in [2.24, 2.45) is 0 Å². The first-order chi connectivity index (χ1) is 7.57. The van der Waals surface area contributed by atoms with Crippen molar-refractivity contribution < 1.29 is 24.2 Å². The molecule has 1 aliphatic rings. The third-order valence-corrected chi connectivity index (χ3v) is 2.43. The van der Waals surface area contributed by atoms with Gasteiger partial charge in [-0.15, -0.1) is 0 Å². The number of hydrogen-bond donors (Lipinski definition) is 1. The van der Waals surface area contributed by atoms with Gasteiger partial charge in [0.05, 0.1) is 6.61 Å². The van der Waals surface area contributed by atoms with Crippen LogP contribution in [-0.2, 0) is 14.3 Å². The molecule has 1 aliphatic heterocycles. The molecule has 1 unspecified atom stereocenters. The summed E-state index contributed by atoms with van der Waals surface area (Å²) in [6, 6.07) is -0.957. The quantitative estimate of drug-likeness (QED) is 0.574. The number of ether oxygens (including phenoxy) is 1. The average Bonchev–Trinajstić information content (AvgIpc) is 2.60. The lowest BCUT2D eigenvalue weighted by molar-refractivity contribution is -0.150. The molecule has 2 amide bonds. The maximum Gasteiger partial charge on any atom is 0.414 e. The van der Waals surface area contributed by atoms with Gasteiger partial charge in [-0.3, -0.25) is 4.79 Å².